The van der Waals surface area contributed by atoms with Crippen molar-refractivity contribution in [1.82, 2.24) is 0 Å². The second-order valence-electron chi connectivity index (χ2n) is 5.04. The van der Waals surface area contributed by atoms with Crippen LogP contribution in [0.5, 0.6) is 0 Å². The highest BCUT2D eigenvalue weighted by Gasteiger charge is 2.40. The van der Waals surface area contributed by atoms with E-state index in [4.69, 9.17) is 28.9 Å². The third-order valence-electron chi connectivity index (χ3n) is 3.41. The Labute approximate surface area is 147 Å². The quantitative estimate of drug-likeness (QED) is 0.658. The van der Waals surface area contributed by atoms with Gasteiger partial charge in [0.1, 0.15) is 0 Å². The summed E-state index contributed by atoms with van der Waals surface area (Å²) < 4.78 is 0. The van der Waals surface area contributed by atoms with E-state index in [0.29, 0.717) is 21.4 Å². The molecule has 2 amide bonds. The van der Waals surface area contributed by atoms with Gasteiger partial charge in [-0.2, -0.15) is 0 Å². The maximum atomic E-state index is 12.6. The van der Waals surface area contributed by atoms with Crippen LogP contribution in [0, 0.1) is 0 Å². The molecule has 1 aliphatic rings. The van der Waals surface area contributed by atoms with Crippen molar-refractivity contribution in [2.24, 2.45) is 0 Å². The van der Waals surface area contributed by atoms with E-state index in [2.05, 4.69) is 0 Å². The number of halogens is 2. The molecular weight excluding hydrogens is 355 g/mol. The first-order chi connectivity index (χ1) is 11.0. The van der Waals surface area contributed by atoms with E-state index in [0.717, 1.165) is 9.80 Å². The summed E-state index contributed by atoms with van der Waals surface area (Å²) in [5.74, 6) is -0.576. The minimum absolute atomic E-state index is 0.122. The molecule has 7 heteroatoms. The van der Waals surface area contributed by atoms with Gasteiger partial charge in [-0.05, 0) is 42.5 Å². The van der Waals surface area contributed by atoms with Gasteiger partial charge in [-0.15, -0.1) is 11.8 Å². The lowest BCUT2D eigenvalue weighted by Crippen LogP contribution is -2.31. The van der Waals surface area contributed by atoms with Gasteiger partial charge >= 0.3 is 0 Å². The van der Waals surface area contributed by atoms with E-state index in [1.807, 2.05) is 12.1 Å². The van der Waals surface area contributed by atoms with Crippen LogP contribution in [-0.4, -0.2) is 17.1 Å². The first kappa shape index (κ1) is 16.2. The number of nitrogens with zero attached hydrogens (tertiary/aromatic N) is 1. The van der Waals surface area contributed by atoms with Crippen LogP contribution < -0.4 is 10.6 Å². The molecule has 2 N–H and O–H groups in total. The third-order valence-corrected chi connectivity index (χ3v) is 5.16. The Balaban J connectivity index is 1.85. The molecule has 0 saturated carbocycles. The third kappa shape index (κ3) is 3.32. The minimum atomic E-state index is -0.485. The van der Waals surface area contributed by atoms with Gasteiger partial charge in [0.05, 0.1) is 16.0 Å². The molecule has 1 atom stereocenters. The van der Waals surface area contributed by atoms with E-state index in [-0.39, 0.29) is 18.2 Å². The number of benzene rings is 2. The molecule has 0 spiro atoms. The molecule has 118 valence electrons. The van der Waals surface area contributed by atoms with Gasteiger partial charge < -0.3 is 5.73 Å². The molecule has 2 aromatic carbocycles. The predicted molar refractivity (Wildman–Crippen MR) is 94.1 cm³/mol. The second-order valence-corrected chi connectivity index (χ2v) is 7.16. The van der Waals surface area contributed by atoms with Crippen LogP contribution in [0.3, 0.4) is 0 Å². The van der Waals surface area contributed by atoms with Crippen molar-refractivity contribution in [3.8, 4) is 0 Å². The van der Waals surface area contributed by atoms with Crippen molar-refractivity contribution in [3.63, 3.8) is 0 Å². The van der Waals surface area contributed by atoms with Gasteiger partial charge in [-0.3, -0.25) is 9.59 Å². The Morgan fingerprint density at radius 1 is 1.09 bits per heavy atom. The van der Waals surface area contributed by atoms with Crippen molar-refractivity contribution < 1.29 is 9.59 Å². The lowest BCUT2D eigenvalue weighted by molar-refractivity contribution is -0.121. The molecule has 0 bridgehead atoms. The zero-order valence-corrected chi connectivity index (χ0v) is 14.2. The highest BCUT2D eigenvalue weighted by atomic mass is 35.5. The van der Waals surface area contributed by atoms with Gasteiger partial charge in [0, 0.05) is 22.0 Å². The second kappa shape index (κ2) is 6.43. The van der Waals surface area contributed by atoms with E-state index < -0.39 is 5.25 Å². The van der Waals surface area contributed by atoms with Crippen LogP contribution in [0.25, 0.3) is 0 Å². The van der Waals surface area contributed by atoms with Crippen LogP contribution in [0.1, 0.15) is 6.42 Å². The standard InChI is InChI=1S/C16H12Cl2N2O2S/c17-9-1-6-12(18)13(7-9)20-15(21)8-14(16(20)22)23-11-4-2-10(19)3-5-11/h1-7,14H,8,19H2. The van der Waals surface area contributed by atoms with E-state index in [1.54, 1.807) is 24.3 Å². The molecule has 1 saturated heterocycles. The van der Waals surface area contributed by atoms with Gasteiger partial charge in [0.2, 0.25) is 11.8 Å². The summed E-state index contributed by atoms with van der Waals surface area (Å²) in [6.07, 6.45) is 0.122. The Morgan fingerprint density at radius 3 is 2.48 bits per heavy atom. The van der Waals surface area contributed by atoms with Crippen LogP contribution in [0.2, 0.25) is 10.0 Å². The van der Waals surface area contributed by atoms with Gasteiger partial charge in [-0.1, -0.05) is 23.2 Å². The van der Waals surface area contributed by atoms with Crippen LogP contribution >= 0.6 is 35.0 Å². The smallest absolute Gasteiger partial charge is 0.247 e. The summed E-state index contributed by atoms with van der Waals surface area (Å²) in [6.45, 7) is 0. The lowest BCUT2D eigenvalue weighted by Gasteiger charge is -2.16. The van der Waals surface area contributed by atoms with Crippen molar-refractivity contribution in [2.45, 2.75) is 16.6 Å². The number of anilines is 2. The van der Waals surface area contributed by atoms with Crippen molar-refractivity contribution >= 4 is 58.2 Å². The van der Waals surface area contributed by atoms with Crippen molar-refractivity contribution in [1.29, 1.82) is 0 Å². The van der Waals surface area contributed by atoms with E-state index in [9.17, 15) is 9.59 Å². The summed E-state index contributed by atoms with van der Waals surface area (Å²) in [6, 6.07) is 11.9. The number of carbonyl (C=O) groups excluding carboxylic acids is 2. The molecule has 1 heterocycles. The zero-order chi connectivity index (χ0) is 16.6. The predicted octanol–water partition coefficient (Wildman–Crippen LogP) is 4.00. The van der Waals surface area contributed by atoms with Gasteiger partial charge in [0.15, 0.2) is 0 Å². The monoisotopic (exact) mass is 366 g/mol. The number of thioether (sulfide) groups is 1. The fourth-order valence-electron chi connectivity index (χ4n) is 2.32. The highest BCUT2D eigenvalue weighted by molar-refractivity contribution is 8.00. The minimum Gasteiger partial charge on any atom is -0.399 e. The molecule has 23 heavy (non-hydrogen) atoms. The number of nitrogen functional groups attached to an aromatic ring is 1. The summed E-state index contributed by atoms with van der Waals surface area (Å²) in [5, 5.41) is 0.245. The van der Waals surface area contributed by atoms with Crippen molar-refractivity contribution in [2.75, 3.05) is 10.6 Å². The summed E-state index contributed by atoms with van der Waals surface area (Å²) in [7, 11) is 0. The average molecular weight is 367 g/mol. The molecule has 1 aliphatic heterocycles. The van der Waals surface area contributed by atoms with Crippen LogP contribution in [0.15, 0.2) is 47.4 Å². The van der Waals surface area contributed by atoms with E-state index >= 15 is 0 Å². The molecule has 2 aromatic rings. The molecule has 1 unspecified atom stereocenters. The van der Waals surface area contributed by atoms with Gasteiger partial charge in [-0.25, -0.2) is 4.90 Å². The molecule has 4 nitrogen and oxygen atoms in total. The number of imide groups is 1. The lowest BCUT2D eigenvalue weighted by atomic mass is 10.3. The molecule has 3 rings (SSSR count). The molecule has 1 fully saturated rings. The zero-order valence-electron chi connectivity index (χ0n) is 11.8. The topological polar surface area (TPSA) is 63.4 Å². The Kier molecular flexibility index (Phi) is 4.53. The summed E-state index contributed by atoms with van der Waals surface area (Å²) in [4.78, 5) is 26.9. The number of hydrogen-bond donors (Lipinski definition) is 1. The maximum absolute atomic E-state index is 12.6. The normalized spacial score (nSPS) is 17.8. The largest absolute Gasteiger partial charge is 0.399 e. The first-order valence-corrected chi connectivity index (χ1v) is 8.43. The number of nitrogens with two attached hydrogens (primary N) is 1. The summed E-state index contributed by atoms with van der Waals surface area (Å²) in [5.41, 5.74) is 6.62. The Bertz CT molecular complexity index is 780. The molecular formula is C16H12Cl2N2O2S. The molecule has 0 aromatic heterocycles. The number of amides is 2. The number of hydrogen-bond acceptors (Lipinski definition) is 4. The van der Waals surface area contributed by atoms with Crippen LogP contribution in [0.4, 0.5) is 11.4 Å². The summed E-state index contributed by atoms with van der Waals surface area (Å²) >= 11 is 13.4. The van der Waals surface area contributed by atoms with E-state index in [1.165, 1.54) is 17.8 Å². The number of carbonyl (C=O) groups is 2. The SMILES string of the molecule is Nc1ccc(SC2CC(=O)N(c3cc(Cl)ccc3Cl)C2=O)cc1. The Hall–Kier alpha value is -1.69. The fourth-order valence-corrected chi connectivity index (χ4v) is 3.74. The first-order valence-electron chi connectivity index (χ1n) is 6.80. The fraction of sp³-hybridized carbons (Fsp3) is 0.125. The average Bonchev–Trinajstić information content (AvgIpc) is 2.78. The number of rotatable bonds is 3. The maximum Gasteiger partial charge on any atom is 0.247 e. The Morgan fingerprint density at radius 2 is 1.78 bits per heavy atom. The molecule has 0 radical (unpaired) electrons. The van der Waals surface area contributed by atoms with Gasteiger partial charge in [0.25, 0.3) is 0 Å². The van der Waals surface area contributed by atoms with Crippen LogP contribution in [-0.2, 0) is 9.59 Å². The highest BCUT2D eigenvalue weighted by Crippen LogP contribution is 2.37. The van der Waals surface area contributed by atoms with Crippen molar-refractivity contribution in [3.05, 3.63) is 52.5 Å². The molecule has 0 aliphatic carbocycles.